The molecule has 1 aliphatic rings. The summed E-state index contributed by atoms with van der Waals surface area (Å²) in [5, 5.41) is 9.62. The maximum Gasteiger partial charge on any atom is 0.321 e. The van der Waals surface area contributed by atoms with Gasteiger partial charge in [-0.15, -0.1) is 0 Å². The van der Waals surface area contributed by atoms with Crippen LogP contribution in [0.5, 0.6) is 5.75 Å². The number of nitrogens with one attached hydrogen (secondary N) is 1. The molecule has 0 bridgehead atoms. The number of hydrogen-bond acceptors (Lipinski definition) is 5. The highest BCUT2D eigenvalue weighted by Gasteiger charge is 2.33. The molecule has 2 N–H and O–H groups in total. The van der Waals surface area contributed by atoms with E-state index in [4.69, 9.17) is 4.74 Å². The predicted octanol–water partition coefficient (Wildman–Crippen LogP) is 1.62. The number of nitrogens with zero attached hydrogens (tertiary/aromatic N) is 4. The van der Waals surface area contributed by atoms with E-state index >= 15 is 0 Å². The first-order valence-electron chi connectivity index (χ1n) is 8.30. The van der Waals surface area contributed by atoms with E-state index in [2.05, 4.69) is 15.0 Å². The van der Waals surface area contributed by atoms with E-state index in [0.717, 1.165) is 28.6 Å². The first kappa shape index (κ1) is 16.3. The Balaban J connectivity index is 1.61. The molecular formula is C18H19N5O3. The Morgan fingerprint density at radius 1 is 1.35 bits per heavy atom. The lowest BCUT2D eigenvalue weighted by molar-refractivity contribution is -0.144. The topological polar surface area (TPSA) is 96.3 Å². The van der Waals surface area contributed by atoms with Gasteiger partial charge < -0.3 is 19.4 Å². The molecule has 134 valence electrons. The van der Waals surface area contributed by atoms with E-state index in [1.165, 1.54) is 0 Å². The Hall–Kier alpha value is -3.13. The Kier molecular flexibility index (Phi) is 4.18. The maximum absolute atomic E-state index is 11.7. The van der Waals surface area contributed by atoms with Crippen LogP contribution in [0.25, 0.3) is 5.69 Å². The van der Waals surface area contributed by atoms with Crippen LogP contribution in [0.1, 0.15) is 17.2 Å². The number of carbonyl (C=O) groups is 1. The standard InChI is InChI=1S/C18H19N5O3/c1-26-13-4-2-12(3-5-13)23-7-6-19-17(23)10-22-9-15-14(20-11-21-15)8-16(22)18(24)25/h2-7,11,16H,8-10H2,1H3,(H,20,21)(H,24,25). The van der Waals surface area contributed by atoms with Gasteiger partial charge in [-0.3, -0.25) is 9.69 Å². The van der Waals surface area contributed by atoms with E-state index in [9.17, 15) is 9.90 Å². The molecule has 0 saturated carbocycles. The zero-order chi connectivity index (χ0) is 18.1. The highest BCUT2D eigenvalue weighted by atomic mass is 16.5. The van der Waals surface area contributed by atoms with Crippen LogP contribution in [0, 0.1) is 0 Å². The van der Waals surface area contributed by atoms with Crippen LogP contribution >= 0.6 is 0 Å². The summed E-state index contributed by atoms with van der Waals surface area (Å²) in [6.07, 6.45) is 5.60. The molecule has 4 rings (SSSR count). The van der Waals surface area contributed by atoms with Gasteiger partial charge in [0, 0.05) is 31.0 Å². The van der Waals surface area contributed by atoms with Gasteiger partial charge in [0.1, 0.15) is 17.6 Å². The summed E-state index contributed by atoms with van der Waals surface area (Å²) in [5.74, 6) is 0.717. The molecule has 0 saturated heterocycles. The molecule has 0 fully saturated rings. The fourth-order valence-electron chi connectivity index (χ4n) is 3.31. The highest BCUT2D eigenvalue weighted by Crippen LogP contribution is 2.24. The number of carboxylic acids is 1. The summed E-state index contributed by atoms with van der Waals surface area (Å²) in [4.78, 5) is 25.4. The largest absolute Gasteiger partial charge is 0.497 e. The summed E-state index contributed by atoms with van der Waals surface area (Å²) in [6.45, 7) is 0.927. The van der Waals surface area contributed by atoms with E-state index in [1.54, 1.807) is 19.6 Å². The number of methoxy groups -OCH3 is 1. The van der Waals surface area contributed by atoms with Crippen molar-refractivity contribution in [3.05, 3.63) is 60.2 Å². The molecule has 1 unspecified atom stereocenters. The molecule has 8 heteroatoms. The SMILES string of the molecule is COc1ccc(-n2ccnc2CN2Cc3[nH]cnc3CC2C(=O)O)cc1. The maximum atomic E-state index is 11.7. The molecule has 0 amide bonds. The van der Waals surface area contributed by atoms with Gasteiger partial charge in [0.05, 0.1) is 31.4 Å². The van der Waals surface area contributed by atoms with Crippen molar-refractivity contribution < 1.29 is 14.6 Å². The molecule has 0 radical (unpaired) electrons. The molecule has 2 aromatic heterocycles. The summed E-state index contributed by atoms with van der Waals surface area (Å²) >= 11 is 0. The molecule has 1 aliphatic heterocycles. The average Bonchev–Trinajstić information content (AvgIpc) is 3.30. The second-order valence-electron chi connectivity index (χ2n) is 6.20. The fraction of sp³-hybridized carbons (Fsp3) is 0.278. The van der Waals surface area contributed by atoms with Gasteiger partial charge in [0.25, 0.3) is 0 Å². The van der Waals surface area contributed by atoms with Gasteiger partial charge in [-0.1, -0.05) is 0 Å². The van der Waals surface area contributed by atoms with Crippen LogP contribution in [0.3, 0.4) is 0 Å². The van der Waals surface area contributed by atoms with Crippen molar-refractivity contribution in [2.75, 3.05) is 7.11 Å². The number of ether oxygens (including phenoxy) is 1. The Labute approximate surface area is 150 Å². The highest BCUT2D eigenvalue weighted by molar-refractivity contribution is 5.74. The van der Waals surface area contributed by atoms with Crippen LogP contribution in [-0.4, -0.2) is 48.6 Å². The number of H-pyrrole nitrogens is 1. The van der Waals surface area contributed by atoms with Crippen LogP contribution in [0.15, 0.2) is 43.0 Å². The summed E-state index contributed by atoms with van der Waals surface area (Å²) < 4.78 is 7.16. The van der Waals surface area contributed by atoms with Gasteiger partial charge >= 0.3 is 5.97 Å². The van der Waals surface area contributed by atoms with E-state index in [-0.39, 0.29) is 0 Å². The van der Waals surface area contributed by atoms with Crippen LogP contribution in [0.4, 0.5) is 0 Å². The van der Waals surface area contributed by atoms with Crippen molar-refractivity contribution in [1.82, 2.24) is 24.4 Å². The lowest BCUT2D eigenvalue weighted by atomic mass is 10.0. The van der Waals surface area contributed by atoms with Gasteiger partial charge in [-0.05, 0) is 24.3 Å². The zero-order valence-electron chi connectivity index (χ0n) is 14.3. The number of hydrogen-bond donors (Lipinski definition) is 2. The average molecular weight is 353 g/mol. The lowest BCUT2D eigenvalue weighted by Gasteiger charge is -2.32. The van der Waals surface area contributed by atoms with Crippen molar-refractivity contribution in [1.29, 1.82) is 0 Å². The fourth-order valence-corrected chi connectivity index (χ4v) is 3.31. The van der Waals surface area contributed by atoms with Crippen molar-refractivity contribution in [3.8, 4) is 11.4 Å². The number of carboxylic acid groups (broad SMARTS) is 1. The normalized spacial score (nSPS) is 17.0. The molecule has 26 heavy (non-hydrogen) atoms. The van der Waals surface area contributed by atoms with Crippen molar-refractivity contribution in [2.45, 2.75) is 25.6 Å². The van der Waals surface area contributed by atoms with Crippen molar-refractivity contribution >= 4 is 5.97 Å². The minimum atomic E-state index is -0.846. The second-order valence-corrected chi connectivity index (χ2v) is 6.20. The third-order valence-electron chi connectivity index (χ3n) is 4.69. The predicted molar refractivity (Wildman–Crippen MR) is 93.1 cm³/mol. The van der Waals surface area contributed by atoms with Crippen LogP contribution in [0.2, 0.25) is 0 Å². The van der Waals surface area contributed by atoms with Crippen molar-refractivity contribution in [3.63, 3.8) is 0 Å². The minimum Gasteiger partial charge on any atom is -0.497 e. The molecular weight excluding hydrogens is 334 g/mol. The number of rotatable bonds is 5. The summed E-state index contributed by atoms with van der Waals surface area (Å²) in [7, 11) is 1.63. The molecule has 0 aliphatic carbocycles. The number of benzene rings is 1. The van der Waals surface area contributed by atoms with E-state index < -0.39 is 12.0 Å². The minimum absolute atomic E-state index is 0.386. The van der Waals surface area contributed by atoms with Gasteiger partial charge in [0.15, 0.2) is 0 Å². The zero-order valence-corrected chi connectivity index (χ0v) is 14.3. The molecule has 3 aromatic rings. The third kappa shape index (κ3) is 2.95. The third-order valence-corrected chi connectivity index (χ3v) is 4.69. The Bertz CT molecular complexity index is 915. The quantitative estimate of drug-likeness (QED) is 0.723. The summed E-state index contributed by atoms with van der Waals surface area (Å²) in [5.41, 5.74) is 2.74. The number of fused-ring (bicyclic) bond motifs is 1. The lowest BCUT2D eigenvalue weighted by Crippen LogP contribution is -2.45. The van der Waals surface area contributed by atoms with Crippen molar-refractivity contribution in [2.24, 2.45) is 0 Å². The van der Waals surface area contributed by atoms with Crippen LogP contribution < -0.4 is 4.74 Å². The first-order valence-corrected chi connectivity index (χ1v) is 8.30. The van der Waals surface area contributed by atoms with Gasteiger partial charge in [0.2, 0.25) is 0 Å². The van der Waals surface area contributed by atoms with E-state index in [1.807, 2.05) is 39.9 Å². The number of imidazole rings is 2. The number of aromatic nitrogens is 4. The number of aliphatic carboxylic acids is 1. The molecule has 0 spiro atoms. The molecule has 1 atom stereocenters. The Morgan fingerprint density at radius 3 is 2.88 bits per heavy atom. The molecule has 3 heterocycles. The smallest absolute Gasteiger partial charge is 0.321 e. The first-order chi connectivity index (χ1) is 12.7. The molecule has 1 aromatic carbocycles. The number of aromatic amines is 1. The van der Waals surface area contributed by atoms with Gasteiger partial charge in [-0.2, -0.15) is 0 Å². The van der Waals surface area contributed by atoms with Gasteiger partial charge in [-0.25, -0.2) is 9.97 Å². The summed E-state index contributed by atoms with van der Waals surface area (Å²) in [6, 6.07) is 7.05. The monoisotopic (exact) mass is 353 g/mol. The second kappa shape index (κ2) is 6.64. The molecule has 8 nitrogen and oxygen atoms in total. The van der Waals surface area contributed by atoms with Crippen LogP contribution in [-0.2, 0) is 24.3 Å². The Morgan fingerprint density at radius 2 is 2.15 bits per heavy atom. The van der Waals surface area contributed by atoms with E-state index in [0.29, 0.717) is 19.5 Å².